The predicted molar refractivity (Wildman–Crippen MR) is 109 cm³/mol. The molecule has 2 aliphatic heterocycles. The molecule has 140 valence electrons. The zero-order valence-corrected chi connectivity index (χ0v) is 16.4. The van der Waals surface area contributed by atoms with Crippen molar-refractivity contribution in [3.63, 3.8) is 0 Å². The van der Waals surface area contributed by atoms with Crippen LogP contribution in [-0.2, 0) is 19.4 Å². The van der Waals surface area contributed by atoms with Gasteiger partial charge in [0.05, 0.1) is 0 Å². The van der Waals surface area contributed by atoms with Gasteiger partial charge >= 0.3 is 0 Å². The van der Waals surface area contributed by atoms with Crippen LogP contribution in [0.15, 0.2) is 30.6 Å². The maximum Gasteiger partial charge on any atom is 0.140 e. The van der Waals surface area contributed by atoms with E-state index >= 15 is 0 Å². The van der Waals surface area contributed by atoms with E-state index < -0.39 is 0 Å². The molecule has 0 saturated carbocycles. The van der Waals surface area contributed by atoms with E-state index in [0.29, 0.717) is 6.04 Å². The van der Waals surface area contributed by atoms with Crippen molar-refractivity contribution in [1.82, 2.24) is 19.4 Å². The van der Waals surface area contributed by atoms with E-state index in [9.17, 15) is 0 Å². The monoisotopic (exact) mass is 360 g/mol. The molecule has 0 N–H and O–H groups in total. The van der Waals surface area contributed by atoms with E-state index in [0.717, 1.165) is 25.1 Å². The maximum absolute atomic E-state index is 4.88. The van der Waals surface area contributed by atoms with Gasteiger partial charge in [-0.15, -0.1) is 0 Å². The molecule has 0 radical (unpaired) electrons. The standard InChI is InChI=1S/C23H28N4/c1-16-13-19-22-20-5-3-4-10-26(20)11-9-21(22)27(23(19)25-14-16)12-8-18-7-6-17(2)24-15-18/h6-7,13-15,20H,3-5,8-12H2,1-2H3. The highest BCUT2D eigenvalue weighted by Crippen LogP contribution is 2.42. The van der Waals surface area contributed by atoms with E-state index in [1.165, 1.54) is 60.2 Å². The normalized spacial score (nSPS) is 19.9. The van der Waals surface area contributed by atoms with Crippen molar-refractivity contribution in [2.45, 2.75) is 58.5 Å². The molecule has 5 heterocycles. The molecule has 2 aliphatic rings. The molecule has 3 aromatic rings. The number of nitrogens with zero attached hydrogens (tertiary/aromatic N) is 4. The first-order chi connectivity index (χ1) is 13.2. The molecule has 1 atom stereocenters. The highest BCUT2D eigenvalue weighted by molar-refractivity contribution is 5.84. The van der Waals surface area contributed by atoms with Gasteiger partial charge in [0.15, 0.2) is 0 Å². The van der Waals surface area contributed by atoms with Crippen LogP contribution in [-0.4, -0.2) is 32.5 Å². The Labute approximate surface area is 161 Å². The van der Waals surface area contributed by atoms with Gasteiger partial charge in [-0.1, -0.05) is 12.5 Å². The molecule has 0 aromatic carbocycles. The number of aryl methyl sites for hydroxylation is 4. The van der Waals surface area contributed by atoms with E-state index in [1.807, 2.05) is 19.3 Å². The molecule has 1 unspecified atom stereocenters. The summed E-state index contributed by atoms with van der Waals surface area (Å²) in [7, 11) is 0. The van der Waals surface area contributed by atoms with Crippen LogP contribution in [0.5, 0.6) is 0 Å². The van der Waals surface area contributed by atoms with Crippen LogP contribution in [0.2, 0.25) is 0 Å². The Bertz CT molecular complexity index is 970. The highest BCUT2D eigenvalue weighted by atomic mass is 15.2. The van der Waals surface area contributed by atoms with Crippen LogP contribution in [0.1, 0.15) is 53.4 Å². The summed E-state index contributed by atoms with van der Waals surface area (Å²) in [6.45, 7) is 7.64. The van der Waals surface area contributed by atoms with Crippen molar-refractivity contribution in [2.75, 3.05) is 13.1 Å². The fourth-order valence-electron chi connectivity index (χ4n) is 5.01. The molecule has 1 fully saturated rings. The number of hydrogen-bond donors (Lipinski definition) is 0. The van der Waals surface area contributed by atoms with Gasteiger partial charge in [-0.2, -0.15) is 0 Å². The average molecular weight is 361 g/mol. The lowest BCUT2D eigenvalue weighted by atomic mass is 9.89. The molecule has 27 heavy (non-hydrogen) atoms. The summed E-state index contributed by atoms with van der Waals surface area (Å²) in [5.74, 6) is 0. The lowest BCUT2D eigenvalue weighted by Crippen LogP contribution is -2.39. The maximum atomic E-state index is 4.88. The van der Waals surface area contributed by atoms with Crippen LogP contribution >= 0.6 is 0 Å². The molecule has 3 aromatic heterocycles. The molecule has 4 nitrogen and oxygen atoms in total. The second-order valence-corrected chi connectivity index (χ2v) is 8.25. The summed E-state index contributed by atoms with van der Waals surface area (Å²) in [5.41, 5.74) is 7.94. The number of rotatable bonds is 3. The third kappa shape index (κ3) is 2.96. The largest absolute Gasteiger partial charge is 0.329 e. The summed E-state index contributed by atoms with van der Waals surface area (Å²) < 4.78 is 2.51. The van der Waals surface area contributed by atoms with Gasteiger partial charge in [0.25, 0.3) is 0 Å². The summed E-state index contributed by atoms with van der Waals surface area (Å²) in [5, 5.41) is 1.39. The summed E-state index contributed by atoms with van der Waals surface area (Å²) in [6.07, 6.45) is 10.2. The molecule has 0 aliphatic carbocycles. The van der Waals surface area contributed by atoms with Crippen molar-refractivity contribution >= 4 is 11.0 Å². The fourth-order valence-corrected chi connectivity index (χ4v) is 5.01. The zero-order valence-electron chi connectivity index (χ0n) is 16.4. The lowest BCUT2D eigenvalue weighted by molar-refractivity contribution is 0.138. The minimum absolute atomic E-state index is 0.593. The van der Waals surface area contributed by atoms with E-state index in [1.54, 1.807) is 5.56 Å². The molecule has 0 spiro atoms. The number of fused-ring (bicyclic) bond motifs is 5. The molecule has 0 bridgehead atoms. The van der Waals surface area contributed by atoms with Crippen molar-refractivity contribution in [3.05, 3.63) is 58.7 Å². The van der Waals surface area contributed by atoms with Crippen molar-refractivity contribution in [3.8, 4) is 0 Å². The molecule has 4 heteroatoms. The summed E-state index contributed by atoms with van der Waals surface area (Å²) >= 11 is 0. The lowest BCUT2D eigenvalue weighted by Gasteiger charge is -2.39. The van der Waals surface area contributed by atoms with Crippen molar-refractivity contribution in [2.24, 2.45) is 0 Å². The van der Waals surface area contributed by atoms with Crippen molar-refractivity contribution < 1.29 is 0 Å². The average Bonchev–Trinajstić information content (AvgIpc) is 3.01. The molecule has 5 rings (SSSR count). The molecular weight excluding hydrogens is 332 g/mol. The van der Waals surface area contributed by atoms with Crippen LogP contribution in [0.25, 0.3) is 11.0 Å². The fraction of sp³-hybridized carbons (Fsp3) is 0.478. The Morgan fingerprint density at radius 2 is 2.00 bits per heavy atom. The Kier molecular flexibility index (Phi) is 4.24. The topological polar surface area (TPSA) is 34.0 Å². The Hall–Kier alpha value is -2.20. The predicted octanol–water partition coefficient (Wildman–Crippen LogP) is 4.37. The van der Waals surface area contributed by atoms with Gasteiger partial charge in [0.2, 0.25) is 0 Å². The highest BCUT2D eigenvalue weighted by Gasteiger charge is 2.34. The summed E-state index contributed by atoms with van der Waals surface area (Å²) in [4.78, 5) is 12.1. The van der Waals surface area contributed by atoms with Crippen LogP contribution in [0, 0.1) is 13.8 Å². The molecule has 0 amide bonds. The van der Waals surface area contributed by atoms with Gasteiger partial charge in [0, 0.05) is 54.7 Å². The quantitative estimate of drug-likeness (QED) is 0.695. The van der Waals surface area contributed by atoms with Gasteiger partial charge in [-0.3, -0.25) is 9.88 Å². The number of aromatic nitrogens is 3. The van der Waals surface area contributed by atoms with E-state index in [4.69, 9.17) is 4.98 Å². The summed E-state index contributed by atoms with van der Waals surface area (Å²) in [6, 6.07) is 7.28. The van der Waals surface area contributed by atoms with Crippen LogP contribution in [0.4, 0.5) is 0 Å². The van der Waals surface area contributed by atoms with Gasteiger partial charge < -0.3 is 4.57 Å². The van der Waals surface area contributed by atoms with E-state index in [2.05, 4.69) is 39.6 Å². The van der Waals surface area contributed by atoms with Gasteiger partial charge in [-0.25, -0.2) is 4.98 Å². The van der Waals surface area contributed by atoms with Gasteiger partial charge in [-0.05, 0) is 68.5 Å². The number of hydrogen-bond acceptors (Lipinski definition) is 3. The van der Waals surface area contributed by atoms with Crippen molar-refractivity contribution in [1.29, 1.82) is 0 Å². The number of piperidine rings is 1. The third-order valence-electron chi connectivity index (χ3n) is 6.37. The first-order valence-corrected chi connectivity index (χ1v) is 10.3. The first-order valence-electron chi connectivity index (χ1n) is 10.3. The SMILES string of the molecule is Cc1cnc2c(c1)c1c(n2CCc2ccc(C)nc2)CCN2CCCCC12. The second kappa shape index (κ2) is 6.75. The van der Waals surface area contributed by atoms with Gasteiger partial charge in [0.1, 0.15) is 5.65 Å². The Morgan fingerprint density at radius 3 is 2.85 bits per heavy atom. The first kappa shape index (κ1) is 16.9. The molecular formula is C23H28N4. The Balaban J connectivity index is 1.57. The van der Waals surface area contributed by atoms with E-state index in [-0.39, 0.29) is 0 Å². The Morgan fingerprint density at radius 1 is 1.07 bits per heavy atom. The molecule has 1 saturated heterocycles. The zero-order chi connectivity index (χ0) is 18.4. The minimum atomic E-state index is 0.593. The smallest absolute Gasteiger partial charge is 0.140 e. The number of pyridine rings is 2. The second-order valence-electron chi connectivity index (χ2n) is 8.25. The van der Waals surface area contributed by atoms with Crippen LogP contribution in [0.3, 0.4) is 0 Å². The third-order valence-corrected chi connectivity index (χ3v) is 6.37. The van der Waals surface area contributed by atoms with Crippen LogP contribution < -0.4 is 0 Å². The minimum Gasteiger partial charge on any atom is -0.329 e.